The van der Waals surface area contributed by atoms with Crippen LogP contribution in [-0.2, 0) is 23.7 Å². The zero-order chi connectivity index (χ0) is 12.3. The van der Waals surface area contributed by atoms with Crippen molar-refractivity contribution in [1.29, 1.82) is 0 Å². The third-order valence-electron chi connectivity index (χ3n) is 3.45. The van der Waals surface area contributed by atoms with Crippen molar-refractivity contribution in [3.8, 4) is 0 Å². The number of fused-ring (bicyclic) bond motifs is 1. The van der Waals surface area contributed by atoms with Crippen molar-refractivity contribution < 1.29 is 23.7 Å². The van der Waals surface area contributed by atoms with E-state index in [4.69, 9.17) is 23.7 Å². The molecule has 3 aliphatic rings. The maximum atomic E-state index is 5.99. The van der Waals surface area contributed by atoms with Gasteiger partial charge in [-0.3, -0.25) is 0 Å². The molecule has 3 heterocycles. The molecule has 2 unspecified atom stereocenters. The van der Waals surface area contributed by atoms with Crippen LogP contribution in [-0.4, -0.2) is 42.8 Å². The van der Waals surface area contributed by atoms with Gasteiger partial charge in [0, 0.05) is 6.42 Å². The first kappa shape index (κ1) is 11.9. The summed E-state index contributed by atoms with van der Waals surface area (Å²) >= 11 is 0. The minimum Gasteiger partial charge on any atom is -0.348 e. The van der Waals surface area contributed by atoms with Gasteiger partial charge in [0.25, 0.3) is 0 Å². The van der Waals surface area contributed by atoms with Gasteiger partial charge in [0.1, 0.15) is 12.2 Å². The molecular formula is C12H20O5. The molecule has 0 aromatic carbocycles. The summed E-state index contributed by atoms with van der Waals surface area (Å²) in [6.45, 7) is 8.71. The van der Waals surface area contributed by atoms with E-state index >= 15 is 0 Å². The van der Waals surface area contributed by atoms with Crippen LogP contribution in [0, 0.1) is 0 Å². The molecule has 0 aromatic heterocycles. The number of hydrogen-bond donors (Lipinski definition) is 0. The Hall–Kier alpha value is -0.200. The van der Waals surface area contributed by atoms with E-state index in [2.05, 4.69) is 0 Å². The molecule has 98 valence electrons. The lowest BCUT2D eigenvalue weighted by Gasteiger charge is -2.32. The highest BCUT2D eigenvalue weighted by molar-refractivity contribution is 5.00. The van der Waals surface area contributed by atoms with Crippen molar-refractivity contribution in [3.63, 3.8) is 0 Å². The van der Waals surface area contributed by atoms with E-state index in [1.54, 1.807) is 0 Å². The van der Waals surface area contributed by atoms with Gasteiger partial charge < -0.3 is 23.7 Å². The largest absolute Gasteiger partial charge is 0.348 e. The minimum absolute atomic E-state index is 0.0694. The summed E-state index contributed by atoms with van der Waals surface area (Å²) in [7, 11) is 0. The zero-order valence-electron chi connectivity index (χ0n) is 10.8. The predicted molar refractivity (Wildman–Crippen MR) is 58.2 cm³/mol. The molecule has 3 aliphatic heterocycles. The Bertz CT molecular complexity index is 327. The molecule has 0 N–H and O–H groups in total. The fraction of sp³-hybridized carbons (Fsp3) is 1.00. The maximum Gasteiger partial charge on any atom is 0.227 e. The van der Waals surface area contributed by atoms with Crippen LogP contribution >= 0.6 is 0 Å². The molecule has 3 atom stereocenters. The lowest BCUT2D eigenvalue weighted by molar-refractivity contribution is -0.289. The van der Waals surface area contributed by atoms with E-state index in [0.717, 1.165) is 6.42 Å². The Labute approximate surface area is 101 Å². The maximum absolute atomic E-state index is 5.99. The second kappa shape index (κ2) is 3.42. The normalized spacial score (nSPS) is 47.3. The second-order valence-corrected chi connectivity index (χ2v) is 5.78. The van der Waals surface area contributed by atoms with E-state index in [1.807, 2.05) is 27.7 Å². The molecule has 0 aliphatic carbocycles. The molecule has 0 bridgehead atoms. The summed E-state index contributed by atoms with van der Waals surface area (Å²) in [5.74, 6) is -2.00. The number of rotatable bonds is 1. The van der Waals surface area contributed by atoms with Crippen LogP contribution in [0.1, 0.15) is 34.1 Å². The lowest BCUT2D eigenvalue weighted by atomic mass is 10.0. The topological polar surface area (TPSA) is 46.2 Å². The van der Waals surface area contributed by atoms with E-state index < -0.39 is 17.4 Å². The summed E-state index contributed by atoms with van der Waals surface area (Å²) in [6, 6.07) is 0. The van der Waals surface area contributed by atoms with Crippen LogP contribution < -0.4 is 0 Å². The van der Waals surface area contributed by atoms with Crippen molar-refractivity contribution in [2.24, 2.45) is 0 Å². The summed E-state index contributed by atoms with van der Waals surface area (Å²) in [6.07, 6.45) is 0.538. The highest BCUT2D eigenvalue weighted by atomic mass is 16.9. The van der Waals surface area contributed by atoms with Crippen molar-refractivity contribution in [1.82, 2.24) is 0 Å². The van der Waals surface area contributed by atoms with Crippen molar-refractivity contribution in [3.05, 3.63) is 0 Å². The molecule has 0 spiro atoms. The molecule has 5 nitrogen and oxygen atoms in total. The minimum atomic E-state index is -0.794. The quantitative estimate of drug-likeness (QED) is 0.698. The molecule has 0 aromatic rings. The van der Waals surface area contributed by atoms with Crippen molar-refractivity contribution in [2.75, 3.05) is 13.2 Å². The van der Waals surface area contributed by atoms with Gasteiger partial charge >= 0.3 is 0 Å². The predicted octanol–water partition coefficient (Wildman–Crippen LogP) is 1.41. The van der Waals surface area contributed by atoms with E-state index in [0.29, 0.717) is 13.2 Å². The molecule has 3 saturated heterocycles. The average Bonchev–Trinajstić information content (AvgIpc) is 2.75. The summed E-state index contributed by atoms with van der Waals surface area (Å²) in [5, 5.41) is 0. The Morgan fingerprint density at radius 2 is 1.59 bits per heavy atom. The van der Waals surface area contributed by atoms with Gasteiger partial charge in [0.05, 0.1) is 13.2 Å². The van der Waals surface area contributed by atoms with Gasteiger partial charge in [-0.2, -0.15) is 0 Å². The smallest absolute Gasteiger partial charge is 0.227 e. The summed E-state index contributed by atoms with van der Waals surface area (Å²) in [5.41, 5.74) is 0. The van der Waals surface area contributed by atoms with Crippen LogP contribution in [0.5, 0.6) is 0 Å². The summed E-state index contributed by atoms with van der Waals surface area (Å²) < 4.78 is 29.2. The molecule has 3 fully saturated rings. The van der Waals surface area contributed by atoms with Gasteiger partial charge in [-0.15, -0.1) is 0 Å². The standard InChI is InChI=1S/C12H20O5/c1-10(2)14-7-9(16-10)12-8(5-6-13-12)15-11(3,4)17-12/h8-9H,5-7H2,1-4H3/t8?,9?,12-/m1/s1. The molecule has 0 amide bonds. The molecule has 3 rings (SSSR count). The van der Waals surface area contributed by atoms with Crippen molar-refractivity contribution in [2.45, 2.75) is 63.7 Å². The van der Waals surface area contributed by atoms with E-state index in [1.165, 1.54) is 0 Å². The zero-order valence-corrected chi connectivity index (χ0v) is 10.8. The number of hydrogen-bond acceptors (Lipinski definition) is 5. The van der Waals surface area contributed by atoms with Gasteiger partial charge in [0.15, 0.2) is 11.6 Å². The fourth-order valence-electron chi connectivity index (χ4n) is 2.86. The molecular weight excluding hydrogens is 224 g/mol. The Morgan fingerprint density at radius 1 is 0.882 bits per heavy atom. The van der Waals surface area contributed by atoms with E-state index in [-0.39, 0.29) is 12.2 Å². The van der Waals surface area contributed by atoms with Gasteiger partial charge in [0.2, 0.25) is 5.79 Å². The Morgan fingerprint density at radius 3 is 2.24 bits per heavy atom. The molecule has 17 heavy (non-hydrogen) atoms. The highest BCUT2D eigenvalue weighted by Gasteiger charge is 2.64. The second-order valence-electron chi connectivity index (χ2n) is 5.78. The van der Waals surface area contributed by atoms with Crippen molar-refractivity contribution >= 4 is 0 Å². The van der Waals surface area contributed by atoms with Crippen LogP contribution in [0.4, 0.5) is 0 Å². The van der Waals surface area contributed by atoms with Crippen LogP contribution in [0.15, 0.2) is 0 Å². The fourth-order valence-corrected chi connectivity index (χ4v) is 2.86. The highest BCUT2D eigenvalue weighted by Crippen LogP contribution is 2.48. The van der Waals surface area contributed by atoms with E-state index in [9.17, 15) is 0 Å². The van der Waals surface area contributed by atoms with Crippen LogP contribution in [0.2, 0.25) is 0 Å². The summed E-state index contributed by atoms with van der Waals surface area (Å²) in [4.78, 5) is 0. The number of ether oxygens (including phenoxy) is 5. The SMILES string of the molecule is CC1(C)OCC([C@@]23OCCC2OC(C)(C)O3)O1. The molecule has 0 radical (unpaired) electrons. The third kappa shape index (κ3) is 1.81. The first-order valence-electron chi connectivity index (χ1n) is 6.17. The van der Waals surface area contributed by atoms with Crippen LogP contribution in [0.3, 0.4) is 0 Å². The lowest BCUT2D eigenvalue weighted by Crippen LogP contribution is -2.51. The molecule has 5 heteroatoms. The van der Waals surface area contributed by atoms with Gasteiger partial charge in [-0.05, 0) is 27.7 Å². The molecule has 0 saturated carbocycles. The monoisotopic (exact) mass is 244 g/mol. The first-order chi connectivity index (χ1) is 7.83. The first-order valence-corrected chi connectivity index (χ1v) is 6.17. The average molecular weight is 244 g/mol. The Balaban J connectivity index is 1.85. The van der Waals surface area contributed by atoms with Gasteiger partial charge in [-0.1, -0.05) is 0 Å². The van der Waals surface area contributed by atoms with Crippen LogP contribution in [0.25, 0.3) is 0 Å². The Kier molecular flexibility index (Phi) is 2.39. The third-order valence-corrected chi connectivity index (χ3v) is 3.45. The van der Waals surface area contributed by atoms with Gasteiger partial charge in [-0.25, -0.2) is 0 Å².